The van der Waals surface area contributed by atoms with Crippen LogP contribution >= 0.6 is 11.6 Å². The quantitative estimate of drug-likeness (QED) is 0.109. The Labute approximate surface area is 341 Å². The van der Waals surface area contributed by atoms with Crippen LogP contribution in [0.1, 0.15) is 24.8 Å². The van der Waals surface area contributed by atoms with Gasteiger partial charge in [-0.05, 0) is 36.0 Å². The highest BCUT2D eigenvalue weighted by molar-refractivity contribution is 6.35. The molecule has 2 fully saturated rings. The second-order valence-electron chi connectivity index (χ2n) is 15.0. The fourth-order valence-electron chi connectivity index (χ4n) is 7.56. The molecule has 7 rings (SSSR count). The highest BCUT2D eigenvalue weighted by Crippen LogP contribution is 2.43. The summed E-state index contributed by atoms with van der Waals surface area (Å²) in [7, 11) is 6.94. The van der Waals surface area contributed by atoms with Crippen molar-refractivity contribution in [2.75, 3.05) is 101 Å². The molecule has 1 aromatic carbocycles. The lowest BCUT2D eigenvalue weighted by Crippen LogP contribution is -2.55. The smallest absolute Gasteiger partial charge is 0.368 e. The third-order valence-electron chi connectivity index (χ3n) is 10.6. The number of anilines is 5. The van der Waals surface area contributed by atoms with Crippen LogP contribution < -0.4 is 29.5 Å². The maximum Gasteiger partial charge on any atom is 0.368 e. The first-order chi connectivity index (χ1) is 27.9. The van der Waals surface area contributed by atoms with Crippen LogP contribution in [0.15, 0.2) is 65.2 Å². The number of halogens is 1. The Morgan fingerprint density at radius 1 is 1.10 bits per heavy atom. The molecule has 0 radical (unpaired) electrons. The van der Waals surface area contributed by atoms with Crippen molar-refractivity contribution in [2.45, 2.75) is 31.8 Å². The molecule has 0 saturated carbocycles. The predicted molar refractivity (Wildman–Crippen MR) is 219 cm³/mol. The van der Waals surface area contributed by atoms with Gasteiger partial charge in [0.05, 0.1) is 77.8 Å². The Balaban J connectivity index is 1.09. The molecule has 4 aliphatic rings. The van der Waals surface area contributed by atoms with Crippen molar-refractivity contribution >= 4 is 58.7 Å². The van der Waals surface area contributed by atoms with Gasteiger partial charge in [-0.1, -0.05) is 16.6 Å². The summed E-state index contributed by atoms with van der Waals surface area (Å²) in [6, 6.07) is 6.56. The Kier molecular flexibility index (Phi) is 12.1. The van der Waals surface area contributed by atoms with Crippen LogP contribution in [0, 0.1) is 10.1 Å². The molecule has 1 N–H and O–H groups in total. The summed E-state index contributed by atoms with van der Waals surface area (Å²) < 4.78 is 16.9. The second-order valence-corrected chi connectivity index (χ2v) is 15.4. The highest BCUT2D eigenvalue weighted by atomic mass is 35.5. The number of ether oxygens (including phenoxy) is 3. The highest BCUT2D eigenvalue weighted by Gasteiger charge is 2.40. The van der Waals surface area contributed by atoms with Crippen molar-refractivity contribution in [3.05, 3.63) is 80.9 Å². The minimum Gasteiger partial charge on any atom is -0.497 e. The molecular weight excluding hydrogens is 770 g/mol. The van der Waals surface area contributed by atoms with Crippen LogP contribution in [0.3, 0.4) is 0 Å². The van der Waals surface area contributed by atoms with Crippen LogP contribution in [0.2, 0.25) is 5.02 Å². The first-order valence-corrected chi connectivity index (χ1v) is 19.4. The number of methoxy groups -OCH3 is 2. The minimum absolute atomic E-state index is 0.0938. The summed E-state index contributed by atoms with van der Waals surface area (Å²) in [5.74, 6) is 1.88. The van der Waals surface area contributed by atoms with Gasteiger partial charge in [-0.3, -0.25) is 14.6 Å². The lowest BCUT2D eigenvalue weighted by Gasteiger charge is -2.43. The van der Waals surface area contributed by atoms with E-state index in [1.165, 1.54) is 14.2 Å². The van der Waals surface area contributed by atoms with Crippen LogP contribution in [0.25, 0.3) is 0 Å². The van der Waals surface area contributed by atoms with Gasteiger partial charge in [0.1, 0.15) is 40.9 Å². The van der Waals surface area contributed by atoms with E-state index >= 15 is 0 Å². The van der Waals surface area contributed by atoms with Crippen molar-refractivity contribution < 1.29 is 33.2 Å². The van der Waals surface area contributed by atoms with Crippen molar-refractivity contribution in [3.8, 4) is 11.5 Å². The number of quaternary nitrogens is 1. The molecular formula is C39H47ClN11O7+. The third-order valence-corrected chi connectivity index (χ3v) is 11.0. The van der Waals surface area contributed by atoms with E-state index in [2.05, 4.69) is 25.2 Å². The Hall–Kier alpha value is -5.85. The number of rotatable bonds is 13. The van der Waals surface area contributed by atoms with Gasteiger partial charge in [-0.25, -0.2) is 14.8 Å². The number of morpholine rings is 1. The number of nitrogens with zero attached hydrogens (tertiary/aromatic N) is 10. The number of pyridine rings is 1. The lowest BCUT2D eigenvalue weighted by molar-refractivity contribution is -0.880. The molecule has 0 aliphatic carbocycles. The van der Waals surface area contributed by atoms with Gasteiger partial charge < -0.3 is 43.9 Å². The molecule has 0 atom stereocenters. The Bertz CT molecular complexity index is 2130. The standard InChI is InChI=1S/C39H47ClN11O7/c1-51(2,25-26-9-12-41-36(26)50(54)55)17-5-6-34(52)47-13-10-28(11-14-47)49-37-27(24-48(39(49)53)31-20-30(56-3)21-32(57-4)35(31)40)22-43-38(45-37)44-33-8-7-29(23-42-33)46-15-18-58-19-16-46/h5-8,12,20-23,28H,9-11,13-19,24-25H2,1-4H3,(H,42,43,44,45)/q+1/b6-5+. The number of nitro groups is 1. The first-order valence-electron chi connectivity index (χ1n) is 19.0. The number of nitrogens with one attached hydrogen (secondary N) is 1. The molecule has 0 spiro atoms. The average Bonchev–Trinajstić information content (AvgIpc) is 3.69. The van der Waals surface area contributed by atoms with Crippen LogP contribution in [-0.2, 0) is 16.1 Å². The Morgan fingerprint density at radius 2 is 1.88 bits per heavy atom. The van der Waals surface area contributed by atoms with Crippen molar-refractivity contribution in [3.63, 3.8) is 0 Å². The number of hydrogen-bond acceptors (Lipinski definition) is 13. The van der Waals surface area contributed by atoms with Crippen molar-refractivity contribution in [2.24, 2.45) is 4.99 Å². The molecule has 2 saturated heterocycles. The number of carbonyl (C=O) groups excluding carboxylic acids is 2. The summed E-state index contributed by atoms with van der Waals surface area (Å²) in [5, 5.41) is 14.8. The summed E-state index contributed by atoms with van der Waals surface area (Å²) in [5.41, 5.74) is 2.77. The zero-order valence-electron chi connectivity index (χ0n) is 33.0. The SMILES string of the molecule is COc1cc(OC)c(Cl)c(N2Cc3cnc(Nc4ccc(N5CCOCC5)cn4)nc3N(C3CCN(C(=O)/C=C/C[N+](C)(C)CC4=C([N+](=O)[O-])N=CC4)CC3)C2=O)c1. The number of likely N-dealkylation sites (tertiary alicyclic amines) is 1. The fraction of sp³-hybridized carbons (Fsp3) is 0.436. The molecule has 3 amide bonds. The number of urea groups is 1. The topological polar surface area (TPSA) is 181 Å². The van der Waals surface area contributed by atoms with Gasteiger partial charge in [-0.2, -0.15) is 4.98 Å². The van der Waals surface area contributed by atoms with E-state index in [1.54, 1.807) is 51.5 Å². The molecule has 58 heavy (non-hydrogen) atoms. The van der Waals surface area contributed by atoms with Crippen molar-refractivity contribution in [1.82, 2.24) is 19.9 Å². The lowest BCUT2D eigenvalue weighted by atomic mass is 10.0. The van der Waals surface area contributed by atoms with E-state index in [0.717, 1.165) is 18.8 Å². The molecule has 6 heterocycles. The number of benzene rings is 1. The molecule has 18 nitrogen and oxygen atoms in total. The van der Waals surface area contributed by atoms with Gasteiger partial charge in [-0.15, -0.1) is 0 Å². The maximum absolute atomic E-state index is 14.7. The number of fused-ring (bicyclic) bond motifs is 1. The number of aromatic nitrogens is 3. The van der Waals surface area contributed by atoms with Crippen LogP contribution in [0.5, 0.6) is 11.5 Å². The average molecular weight is 817 g/mol. The summed E-state index contributed by atoms with van der Waals surface area (Å²) in [6.45, 7) is 4.82. The predicted octanol–water partition coefficient (Wildman–Crippen LogP) is 4.66. The molecule has 19 heteroatoms. The zero-order chi connectivity index (χ0) is 41.0. The van der Waals surface area contributed by atoms with Crippen LogP contribution in [-0.4, -0.2) is 134 Å². The van der Waals surface area contributed by atoms with Gasteiger partial charge >= 0.3 is 11.9 Å². The number of piperidine rings is 1. The van der Waals surface area contributed by atoms with E-state index in [-0.39, 0.29) is 41.3 Å². The number of likely N-dealkylation sites (N-methyl/N-ethyl adjacent to an activating group) is 1. The minimum atomic E-state index is -0.451. The molecule has 0 unspecified atom stereocenters. The van der Waals surface area contributed by atoms with Gasteiger partial charge in [0.15, 0.2) is 0 Å². The molecule has 0 bridgehead atoms. The number of amides is 3. The summed E-state index contributed by atoms with van der Waals surface area (Å²) >= 11 is 6.82. The third kappa shape index (κ3) is 8.83. The normalized spacial score (nSPS) is 17.6. The second kappa shape index (κ2) is 17.3. The Morgan fingerprint density at radius 3 is 2.57 bits per heavy atom. The first kappa shape index (κ1) is 40.4. The fourth-order valence-corrected chi connectivity index (χ4v) is 7.85. The van der Waals surface area contributed by atoms with E-state index in [4.69, 9.17) is 30.8 Å². The van der Waals surface area contributed by atoms with E-state index < -0.39 is 4.92 Å². The summed E-state index contributed by atoms with van der Waals surface area (Å²) in [4.78, 5) is 64.2. The zero-order valence-corrected chi connectivity index (χ0v) is 33.7. The van der Waals surface area contributed by atoms with Crippen LogP contribution in [0.4, 0.5) is 33.8 Å². The van der Waals surface area contributed by atoms with E-state index in [9.17, 15) is 19.7 Å². The maximum atomic E-state index is 14.7. The van der Waals surface area contributed by atoms with Gasteiger partial charge in [0, 0.05) is 68.6 Å². The largest absolute Gasteiger partial charge is 0.497 e. The number of hydrogen-bond donors (Lipinski definition) is 1. The van der Waals surface area contributed by atoms with E-state index in [1.807, 2.05) is 32.3 Å². The monoisotopic (exact) mass is 816 g/mol. The number of aliphatic imine (C=N–C) groups is 1. The van der Waals surface area contributed by atoms with Gasteiger partial charge in [0.2, 0.25) is 11.9 Å². The van der Waals surface area contributed by atoms with E-state index in [0.29, 0.717) is 103 Å². The van der Waals surface area contributed by atoms with Crippen molar-refractivity contribution in [1.29, 1.82) is 0 Å². The number of carbonyl (C=O) groups is 2. The molecule has 2 aromatic heterocycles. The molecule has 3 aromatic rings. The molecule has 306 valence electrons. The van der Waals surface area contributed by atoms with Gasteiger partial charge in [0.25, 0.3) is 0 Å². The molecule has 4 aliphatic heterocycles. The summed E-state index contributed by atoms with van der Waals surface area (Å²) in [6.07, 6.45) is 9.85.